The molecule has 0 aliphatic rings. The van der Waals surface area contributed by atoms with Crippen LogP contribution in [0.1, 0.15) is 17.2 Å². The van der Waals surface area contributed by atoms with Crippen LogP contribution in [0.5, 0.6) is 0 Å². The lowest BCUT2D eigenvalue weighted by Crippen LogP contribution is -2.16. The van der Waals surface area contributed by atoms with E-state index >= 15 is 0 Å². The predicted molar refractivity (Wildman–Crippen MR) is 62.5 cm³/mol. The van der Waals surface area contributed by atoms with Gasteiger partial charge < -0.3 is 5.11 Å². The zero-order valence-corrected chi connectivity index (χ0v) is 9.45. The fourth-order valence-corrected chi connectivity index (χ4v) is 1.70. The van der Waals surface area contributed by atoms with Crippen molar-refractivity contribution >= 4 is 5.97 Å². The number of aromatic nitrogens is 2. The fraction of sp³-hybridized carbons (Fsp3) is 0.154. The maximum atomic E-state index is 13.5. The lowest BCUT2D eigenvalue weighted by Gasteiger charge is -2.11. The van der Waals surface area contributed by atoms with Crippen LogP contribution in [0.25, 0.3) is 0 Å². The van der Waals surface area contributed by atoms with E-state index in [4.69, 9.17) is 0 Å². The third-order valence-corrected chi connectivity index (χ3v) is 2.63. The topological polar surface area (TPSA) is 63.1 Å². The third-order valence-electron chi connectivity index (χ3n) is 2.63. The van der Waals surface area contributed by atoms with Crippen LogP contribution in [-0.4, -0.2) is 21.3 Å². The predicted octanol–water partition coefficient (Wildman–Crippen LogP) is 2.03. The molecule has 5 heteroatoms. The molecule has 2 rings (SSSR count). The normalized spacial score (nSPS) is 12.1. The van der Waals surface area contributed by atoms with Crippen LogP contribution in [-0.2, 0) is 11.2 Å². The van der Waals surface area contributed by atoms with Crippen molar-refractivity contribution in [1.29, 1.82) is 0 Å². The van der Waals surface area contributed by atoms with E-state index in [9.17, 15) is 14.3 Å². The first-order valence-electron chi connectivity index (χ1n) is 5.42. The lowest BCUT2D eigenvalue weighted by molar-refractivity contribution is -0.138. The Morgan fingerprint density at radius 2 is 2.06 bits per heavy atom. The number of halogens is 1. The molecule has 0 spiro atoms. The Balaban J connectivity index is 2.28. The molecule has 0 aliphatic heterocycles. The van der Waals surface area contributed by atoms with Crippen LogP contribution in [0.4, 0.5) is 4.39 Å². The molecule has 1 aromatic carbocycles. The summed E-state index contributed by atoms with van der Waals surface area (Å²) in [6.07, 6.45) is 1.52. The van der Waals surface area contributed by atoms with Gasteiger partial charge in [0.1, 0.15) is 11.7 Å². The molecule has 2 aromatic rings. The molecule has 0 saturated heterocycles. The first-order chi connectivity index (χ1) is 8.68. The number of carboxylic acid groups (broad SMARTS) is 1. The fourth-order valence-electron chi connectivity index (χ4n) is 1.70. The molecule has 0 fully saturated rings. The van der Waals surface area contributed by atoms with E-state index in [0.717, 1.165) is 0 Å². The molecule has 0 saturated carbocycles. The van der Waals surface area contributed by atoms with Gasteiger partial charge in [0.15, 0.2) is 0 Å². The monoisotopic (exact) mass is 246 g/mol. The van der Waals surface area contributed by atoms with E-state index in [2.05, 4.69) is 10.2 Å². The van der Waals surface area contributed by atoms with Gasteiger partial charge in [-0.3, -0.25) is 4.79 Å². The van der Waals surface area contributed by atoms with Gasteiger partial charge in [-0.2, -0.15) is 10.2 Å². The molecule has 4 nitrogen and oxygen atoms in total. The summed E-state index contributed by atoms with van der Waals surface area (Å²) in [5.41, 5.74) is 0.684. The number of hydrogen-bond donors (Lipinski definition) is 1. The summed E-state index contributed by atoms with van der Waals surface area (Å²) < 4.78 is 13.5. The van der Waals surface area contributed by atoms with Gasteiger partial charge in [-0.15, -0.1) is 0 Å². The Hall–Kier alpha value is -2.30. The van der Waals surface area contributed by atoms with Crippen molar-refractivity contribution in [3.8, 4) is 0 Å². The number of benzene rings is 1. The average Bonchev–Trinajstić information content (AvgIpc) is 2.38. The van der Waals surface area contributed by atoms with Gasteiger partial charge in [0, 0.05) is 6.20 Å². The van der Waals surface area contributed by atoms with E-state index in [-0.39, 0.29) is 6.42 Å². The maximum Gasteiger partial charge on any atom is 0.313 e. The molecular weight excluding hydrogens is 235 g/mol. The van der Waals surface area contributed by atoms with E-state index in [1.165, 1.54) is 12.3 Å². The Morgan fingerprint density at radius 3 is 2.67 bits per heavy atom. The highest BCUT2D eigenvalue weighted by Gasteiger charge is 2.23. The molecule has 0 radical (unpaired) electrons. The van der Waals surface area contributed by atoms with E-state index < -0.39 is 17.7 Å². The van der Waals surface area contributed by atoms with Gasteiger partial charge in [-0.1, -0.05) is 18.2 Å². The second-order valence-corrected chi connectivity index (χ2v) is 3.83. The van der Waals surface area contributed by atoms with Crippen molar-refractivity contribution in [1.82, 2.24) is 10.2 Å². The third kappa shape index (κ3) is 2.68. The van der Waals surface area contributed by atoms with E-state index in [0.29, 0.717) is 11.3 Å². The zero-order chi connectivity index (χ0) is 13.0. The minimum Gasteiger partial charge on any atom is -0.481 e. The molecule has 0 aliphatic carbocycles. The van der Waals surface area contributed by atoms with Gasteiger partial charge >= 0.3 is 5.97 Å². The molecular formula is C13H11FN2O2. The maximum absolute atomic E-state index is 13.5. The van der Waals surface area contributed by atoms with Gasteiger partial charge in [0.25, 0.3) is 0 Å². The minimum atomic E-state index is -1.04. The highest BCUT2D eigenvalue weighted by atomic mass is 19.1. The molecule has 1 atom stereocenters. The van der Waals surface area contributed by atoms with Crippen molar-refractivity contribution in [3.05, 3.63) is 59.7 Å². The molecule has 1 unspecified atom stereocenters. The number of carboxylic acids is 1. The van der Waals surface area contributed by atoms with Crippen molar-refractivity contribution in [2.24, 2.45) is 0 Å². The van der Waals surface area contributed by atoms with Crippen LogP contribution in [0.3, 0.4) is 0 Å². The summed E-state index contributed by atoms with van der Waals surface area (Å²) in [6.45, 7) is 0. The molecule has 1 heterocycles. The van der Waals surface area contributed by atoms with Crippen molar-refractivity contribution in [3.63, 3.8) is 0 Å². The average molecular weight is 246 g/mol. The zero-order valence-electron chi connectivity index (χ0n) is 9.45. The van der Waals surface area contributed by atoms with Gasteiger partial charge in [0.2, 0.25) is 0 Å². The summed E-state index contributed by atoms with van der Waals surface area (Å²) in [5, 5.41) is 16.6. The summed E-state index contributed by atoms with van der Waals surface area (Å²) in [5.74, 6) is -2.35. The Bertz CT molecular complexity index is 546. The van der Waals surface area contributed by atoms with E-state index in [1.54, 1.807) is 30.3 Å². The summed E-state index contributed by atoms with van der Waals surface area (Å²) in [4.78, 5) is 11.2. The summed E-state index contributed by atoms with van der Waals surface area (Å²) in [6, 6.07) is 9.31. The second kappa shape index (κ2) is 5.35. The SMILES string of the molecule is O=C(O)C(Cc1ccccc1F)c1cccnn1. The number of hydrogen-bond acceptors (Lipinski definition) is 3. The number of aliphatic carboxylic acids is 1. The van der Waals surface area contributed by atoms with Crippen LogP contribution < -0.4 is 0 Å². The smallest absolute Gasteiger partial charge is 0.313 e. The highest BCUT2D eigenvalue weighted by Crippen LogP contribution is 2.20. The largest absolute Gasteiger partial charge is 0.481 e. The number of rotatable bonds is 4. The first-order valence-corrected chi connectivity index (χ1v) is 5.42. The van der Waals surface area contributed by atoms with Gasteiger partial charge in [-0.05, 0) is 30.2 Å². The first kappa shape index (κ1) is 12.2. The molecule has 1 N–H and O–H groups in total. The Morgan fingerprint density at radius 1 is 1.28 bits per heavy atom. The van der Waals surface area contributed by atoms with Crippen LogP contribution in [0.2, 0.25) is 0 Å². The highest BCUT2D eigenvalue weighted by molar-refractivity contribution is 5.75. The molecule has 0 bridgehead atoms. The molecule has 1 aromatic heterocycles. The quantitative estimate of drug-likeness (QED) is 0.896. The molecule has 18 heavy (non-hydrogen) atoms. The van der Waals surface area contributed by atoms with Gasteiger partial charge in [-0.25, -0.2) is 4.39 Å². The van der Waals surface area contributed by atoms with Crippen LogP contribution >= 0.6 is 0 Å². The van der Waals surface area contributed by atoms with E-state index in [1.807, 2.05) is 0 Å². The molecule has 0 amide bonds. The minimum absolute atomic E-state index is 0.0562. The van der Waals surface area contributed by atoms with Crippen molar-refractivity contribution in [2.75, 3.05) is 0 Å². The number of carbonyl (C=O) groups is 1. The van der Waals surface area contributed by atoms with Crippen LogP contribution in [0, 0.1) is 5.82 Å². The Kier molecular flexibility index (Phi) is 3.62. The second-order valence-electron chi connectivity index (χ2n) is 3.83. The van der Waals surface area contributed by atoms with Crippen LogP contribution in [0.15, 0.2) is 42.6 Å². The number of nitrogens with zero attached hydrogens (tertiary/aromatic N) is 2. The lowest BCUT2D eigenvalue weighted by atomic mass is 9.96. The Labute approximate surface area is 103 Å². The molecule has 92 valence electrons. The van der Waals surface area contributed by atoms with Crippen molar-refractivity contribution in [2.45, 2.75) is 12.3 Å². The standard InChI is InChI=1S/C13H11FN2O2/c14-11-5-2-1-4-9(11)8-10(13(17)18)12-6-3-7-15-16-12/h1-7,10H,8H2,(H,17,18). The summed E-state index contributed by atoms with van der Waals surface area (Å²) >= 11 is 0. The van der Waals surface area contributed by atoms with Crippen molar-refractivity contribution < 1.29 is 14.3 Å². The van der Waals surface area contributed by atoms with Gasteiger partial charge in [0.05, 0.1) is 5.69 Å². The summed E-state index contributed by atoms with van der Waals surface area (Å²) in [7, 11) is 0.